The Hall–Kier alpha value is -0.620. The van der Waals surface area contributed by atoms with Gasteiger partial charge in [0, 0.05) is 11.3 Å². The van der Waals surface area contributed by atoms with Crippen molar-refractivity contribution in [2.24, 2.45) is 17.8 Å². The van der Waals surface area contributed by atoms with Gasteiger partial charge in [-0.1, -0.05) is 44.9 Å². The zero-order chi connectivity index (χ0) is 17.1. The molecule has 1 saturated carbocycles. The molecule has 2 aliphatic carbocycles. The molecule has 0 unspecified atom stereocenters. The van der Waals surface area contributed by atoms with E-state index in [2.05, 4.69) is 6.08 Å². The summed E-state index contributed by atoms with van der Waals surface area (Å²) in [5.41, 5.74) is 0. The van der Waals surface area contributed by atoms with Gasteiger partial charge in [0.05, 0.1) is 16.8 Å². The van der Waals surface area contributed by atoms with Crippen LogP contribution < -0.4 is 0 Å². The highest BCUT2D eigenvalue weighted by molar-refractivity contribution is 7.94. The van der Waals surface area contributed by atoms with Crippen LogP contribution >= 0.6 is 0 Å². The summed E-state index contributed by atoms with van der Waals surface area (Å²) in [7, 11) is -6.42. The third-order valence-corrected chi connectivity index (χ3v) is 8.71. The van der Waals surface area contributed by atoms with E-state index in [0.717, 1.165) is 19.3 Å². The third kappa shape index (κ3) is 4.47. The lowest BCUT2D eigenvalue weighted by molar-refractivity contribution is 0.513. The van der Waals surface area contributed by atoms with Gasteiger partial charge in [-0.05, 0) is 31.1 Å². The van der Waals surface area contributed by atoms with Crippen LogP contribution in [0.1, 0.15) is 46.0 Å². The Kier molecular flexibility index (Phi) is 6.11. The monoisotopic (exact) mass is 360 g/mol. The van der Waals surface area contributed by atoms with E-state index in [0.29, 0.717) is 12.8 Å². The number of rotatable bonds is 9. The summed E-state index contributed by atoms with van der Waals surface area (Å²) >= 11 is 0. The Balaban J connectivity index is 2.18. The van der Waals surface area contributed by atoms with Gasteiger partial charge in [0.2, 0.25) is 0 Å². The van der Waals surface area contributed by atoms with E-state index in [9.17, 15) is 16.8 Å². The van der Waals surface area contributed by atoms with Gasteiger partial charge >= 0.3 is 0 Å². The summed E-state index contributed by atoms with van der Waals surface area (Å²) in [4.78, 5) is 0. The molecule has 0 aliphatic heterocycles. The van der Waals surface area contributed by atoms with Crippen molar-refractivity contribution >= 4 is 19.7 Å². The highest BCUT2D eigenvalue weighted by atomic mass is 32.2. The summed E-state index contributed by atoms with van der Waals surface area (Å²) in [6.07, 6.45) is 9.55. The molecule has 4 atom stereocenters. The minimum atomic E-state index is -3.23. The highest BCUT2D eigenvalue weighted by Crippen LogP contribution is 2.48. The molecular weight excluding hydrogens is 332 g/mol. The second-order valence-corrected chi connectivity index (χ2v) is 11.0. The average Bonchev–Trinajstić information content (AvgIpc) is 3.10. The van der Waals surface area contributed by atoms with E-state index >= 15 is 0 Å². The molecule has 23 heavy (non-hydrogen) atoms. The molecule has 2 aliphatic rings. The smallest absolute Gasteiger partial charge is 0.171 e. The molecule has 0 aromatic carbocycles. The van der Waals surface area contributed by atoms with Crippen molar-refractivity contribution < 1.29 is 16.8 Å². The summed E-state index contributed by atoms with van der Waals surface area (Å²) in [6, 6.07) is 0. The molecule has 0 aromatic rings. The molecule has 0 radical (unpaired) electrons. The van der Waals surface area contributed by atoms with Crippen LogP contribution in [0.5, 0.6) is 0 Å². The van der Waals surface area contributed by atoms with Gasteiger partial charge in [0.1, 0.15) is 0 Å². The summed E-state index contributed by atoms with van der Waals surface area (Å²) < 4.78 is 49.4. The number of allylic oxidation sites excluding steroid dienone is 3. The van der Waals surface area contributed by atoms with E-state index < -0.39 is 24.9 Å². The van der Waals surface area contributed by atoms with Crippen molar-refractivity contribution in [1.82, 2.24) is 0 Å². The highest BCUT2D eigenvalue weighted by Gasteiger charge is 2.49. The fourth-order valence-corrected chi connectivity index (χ4v) is 7.40. The van der Waals surface area contributed by atoms with Gasteiger partial charge < -0.3 is 0 Å². The fraction of sp³-hybridized carbons (Fsp3) is 0.765. The van der Waals surface area contributed by atoms with Crippen LogP contribution in [0.15, 0.2) is 23.6 Å². The van der Waals surface area contributed by atoms with Crippen molar-refractivity contribution in [2.75, 3.05) is 11.5 Å². The van der Waals surface area contributed by atoms with E-state index in [1.54, 1.807) is 6.08 Å². The molecular formula is C17H28O4S2. The van der Waals surface area contributed by atoms with Crippen molar-refractivity contribution in [3.63, 3.8) is 0 Å². The van der Waals surface area contributed by atoms with E-state index in [4.69, 9.17) is 0 Å². The zero-order valence-corrected chi connectivity index (χ0v) is 15.7. The molecule has 0 N–H and O–H groups in total. The lowest BCUT2D eigenvalue weighted by Gasteiger charge is -2.25. The minimum Gasteiger partial charge on any atom is -0.229 e. The van der Waals surface area contributed by atoms with Gasteiger partial charge in [0.15, 0.2) is 19.7 Å². The first-order valence-corrected chi connectivity index (χ1v) is 12.0. The second-order valence-electron chi connectivity index (χ2n) is 6.76. The molecule has 0 aromatic heterocycles. The van der Waals surface area contributed by atoms with Crippen LogP contribution in [0.2, 0.25) is 0 Å². The minimum absolute atomic E-state index is 0.0508. The average molecular weight is 361 g/mol. The summed E-state index contributed by atoms with van der Waals surface area (Å²) in [6.45, 7) is 3.93. The Morgan fingerprint density at radius 1 is 0.957 bits per heavy atom. The predicted octanol–water partition coefficient (Wildman–Crippen LogP) is 3.12. The van der Waals surface area contributed by atoms with Crippen LogP contribution in [0.25, 0.3) is 0 Å². The maximum Gasteiger partial charge on any atom is 0.171 e. The maximum absolute atomic E-state index is 12.7. The van der Waals surface area contributed by atoms with Gasteiger partial charge in [-0.3, -0.25) is 0 Å². The zero-order valence-electron chi connectivity index (χ0n) is 14.0. The lowest BCUT2D eigenvalue weighted by atomic mass is 9.93. The first-order valence-electron chi connectivity index (χ1n) is 8.61. The molecule has 0 heterocycles. The molecule has 0 saturated heterocycles. The number of sulfone groups is 2. The standard InChI is InChI=1S/C17H28O4S2/c1-3-5-10-22(18,19)12-9-16-14-7-8-15(13-14)17(16)23(20,21)11-6-4-2/h7-9,12,14-17H,3-6,10-11,13H2,1-2H3/b12-9+/t14-,15+,16-,17+/m1/s1. The predicted molar refractivity (Wildman–Crippen MR) is 94.5 cm³/mol. The van der Waals surface area contributed by atoms with Crippen molar-refractivity contribution in [2.45, 2.75) is 51.2 Å². The Morgan fingerprint density at radius 3 is 2.22 bits per heavy atom. The maximum atomic E-state index is 12.7. The van der Waals surface area contributed by atoms with Crippen molar-refractivity contribution in [3.05, 3.63) is 23.6 Å². The molecule has 6 heteroatoms. The van der Waals surface area contributed by atoms with Crippen LogP contribution in [0.4, 0.5) is 0 Å². The molecule has 2 rings (SSSR count). The van der Waals surface area contributed by atoms with Crippen LogP contribution in [-0.4, -0.2) is 33.6 Å². The number of hydrogen-bond donors (Lipinski definition) is 0. The van der Waals surface area contributed by atoms with Gasteiger partial charge in [-0.25, -0.2) is 16.8 Å². The molecule has 0 spiro atoms. The van der Waals surface area contributed by atoms with Gasteiger partial charge in [-0.15, -0.1) is 0 Å². The molecule has 4 nitrogen and oxygen atoms in total. The first-order chi connectivity index (χ1) is 10.8. The SMILES string of the molecule is CCCCS(=O)(=O)/C=C/[C@H]1[C@@H](S(=O)(=O)CCCC)[C@H]2C=C[C@@H]1C2. The second kappa shape index (κ2) is 7.51. The number of hydrogen-bond acceptors (Lipinski definition) is 4. The normalized spacial score (nSPS) is 30.5. The molecule has 1 fully saturated rings. The number of unbranched alkanes of at least 4 members (excludes halogenated alkanes) is 2. The fourth-order valence-electron chi connectivity index (χ4n) is 3.68. The largest absolute Gasteiger partial charge is 0.229 e. The Labute approximate surface area is 140 Å². The van der Waals surface area contributed by atoms with E-state index in [-0.39, 0.29) is 29.3 Å². The lowest BCUT2D eigenvalue weighted by Crippen LogP contribution is -2.34. The first kappa shape index (κ1) is 18.7. The molecule has 0 amide bonds. The van der Waals surface area contributed by atoms with Crippen LogP contribution in [0.3, 0.4) is 0 Å². The summed E-state index contributed by atoms with van der Waals surface area (Å²) in [5, 5.41) is 0.825. The van der Waals surface area contributed by atoms with E-state index in [1.165, 1.54) is 5.41 Å². The molecule has 2 bridgehead atoms. The Morgan fingerprint density at radius 2 is 1.57 bits per heavy atom. The number of fused-ring (bicyclic) bond motifs is 2. The topological polar surface area (TPSA) is 68.3 Å². The quantitative estimate of drug-likeness (QED) is 0.593. The van der Waals surface area contributed by atoms with Crippen molar-refractivity contribution in [1.29, 1.82) is 0 Å². The van der Waals surface area contributed by atoms with Gasteiger partial charge in [-0.2, -0.15) is 0 Å². The van der Waals surface area contributed by atoms with Crippen molar-refractivity contribution in [3.8, 4) is 0 Å². The summed E-state index contributed by atoms with van der Waals surface area (Å²) in [5.74, 6) is 0.374. The molecule has 132 valence electrons. The van der Waals surface area contributed by atoms with E-state index in [1.807, 2.05) is 19.9 Å². The third-order valence-electron chi connectivity index (χ3n) is 4.93. The van der Waals surface area contributed by atoms with Crippen LogP contribution in [-0.2, 0) is 19.7 Å². The van der Waals surface area contributed by atoms with Gasteiger partial charge in [0.25, 0.3) is 0 Å². The Bertz CT molecular complexity index is 659. The van der Waals surface area contributed by atoms with Crippen LogP contribution in [0, 0.1) is 17.8 Å².